The molecule has 0 bridgehead atoms. The van der Waals surface area contributed by atoms with Crippen molar-refractivity contribution in [1.82, 2.24) is 10.1 Å². The fourth-order valence-electron chi connectivity index (χ4n) is 2.45. The normalized spacial score (nSPS) is 14.0. The second-order valence-corrected chi connectivity index (χ2v) is 8.61. The smallest absolute Gasteiger partial charge is 0.310 e. The van der Waals surface area contributed by atoms with E-state index in [-0.39, 0.29) is 42.4 Å². The molecule has 6 nitrogen and oxygen atoms in total. The van der Waals surface area contributed by atoms with Crippen LogP contribution >= 0.6 is 10.2 Å². The Morgan fingerprint density at radius 1 is 1.03 bits per heavy atom. The first-order valence-corrected chi connectivity index (χ1v) is 10.2. The van der Waals surface area contributed by atoms with E-state index in [0.717, 1.165) is 24.3 Å². The third-order valence-corrected chi connectivity index (χ3v) is 5.06. The minimum atomic E-state index is -9.79. The Kier molecular flexibility index (Phi) is 4.96. The largest absolute Gasteiger partial charge is 0.490 e. The minimum absolute atomic E-state index is 0.0165. The third-order valence-electron chi connectivity index (χ3n) is 3.90. The summed E-state index contributed by atoms with van der Waals surface area (Å²) < 4.78 is 101. The number of ether oxygens (including phenoxy) is 1. The number of rotatable bonds is 7. The van der Waals surface area contributed by atoms with Gasteiger partial charge in [-0.25, -0.2) is 8.78 Å². The molecule has 0 saturated heterocycles. The van der Waals surface area contributed by atoms with Gasteiger partial charge < -0.3 is 15.0 Å². The highest BCUT2D eigenvalue weighted by Crippen LogP contribution is 3.02. The van der Waals surface area contributed by atoms with Crippen LogP contribution in [0.5, 0.6) is 5.75 Å². The molecule has 0 saturated carbocycles. The standard InChI is InChI=1S/C17H12F7N3O3S/c18-11-5-6-12(15(19)14(11)16(25)28)29-8-7-13-26-17(27-30-13)9-1-3-10(4-2-9)31(20,21,22,23)24/h1-6H,7-8H2,(H2,25,28). The van der Waals surface area contributed by atoms with Crippen molar-refractivity contribution in [3.63, 3.8) is 0 Å². The molecule has 31 heavy (non-hydrogen) atoms. The predicted molar refractivity (Wildman–Crippen MR) is 95.2 cm³/mol. The molecule has 2 N–H and O–H groups in total. The summed E-state index contributed by atoms with van der Waals surface area (Å²) in [5.74, 6) is -4.46. The maximum Gasteiger partial charge on any atom is 0.310 e. The van der Waals surface area contributed by atoms with Crippen molar-refractivity contribution >= 4 is 16.1 Å². The molecule has 3 rings (SSSR count). The Morgan fingerprint density at radius 2 is 1.68 bits per heavy atom. The van der Waals surface area contributed by atoms with Crippen LogP contribution in [0.2, 0.25) is 0 Å². The van der Waals surface area contributed by atoms with E-state index in [1.165, 1.54) is 0 Å². The SMILES string of the molecule is NC(=O)c1c(F)ccc(OCCc2nc(-c3ccc(S(F)(F)(F)(F)F)cc3)no2)c1F. The number of nitrogens with zero attached hydrogens (tertiary/aromatic N) is 2. The molecule has 0 unspecified atom stereocenters. The molecule has 0 atom stereocenters. The number of amides is 1. The van der Waals surface area contributed by atoms with Gasteiger partial charge >= 0.3 is 10.2 Å². The Bertz CT molecular complexity index is 1150. The number of carbonyl (C=O) groups is 1. The zero-order chi connectivity index (χ0) is 23.1. The van der Waals surface area contributed by atoms with Crippen LogP contribution in [-0.4, -0.2) is 22.7 Å². The van der Waals surface area contributed by atoms with Gasteiger partial charge in [0.1, 0.15) is 16.3 Å². The zero-order valence-corrected chi connectivity index (χ0v) is 15.9. The lowest BCUT2D eigenvalue weighted by Crippen LogP contribution is -2.16. The van der Waals surface area contributed by atoms with Gasteiger partial charge in [0.25, 0.3) is 5.91 Å². The van der Waals surface area contributed by atoms with Crippen molar-refractivity contribution in [2.24, 2.45) is 5.73 Å². The average molecular weight is 471 g/mol. The molecule has 1 aromatic heterocycles. The molecule has 0 fully saturated rings. The summed E-state index contributed by atoms with van der Waals surface area (Å²) >= 11 is 0. The maximum absolute atomic E-state index is 14.1. The Hall–Kier alpha value is -3.29. The third kappa shape index (κ3) is 5.07. The van der Waals surface area contributed by atoms with Crippen LogP contribution in [0.25, 0.3) is 11.4 Å². The van der Waals surface area contributed by atoms with E-state index < -0.39 is 44.0 Å². The summed E-state index contributed by atoms with van der Waals surface area (Å²) in [4.78, 5) is 12.9. The van der Waals surface area contributed by atoms with Crippen molar-refractivity contribution < 1.29 is 42.3 Å². The second kappa shape index (κ2) is 6.87. The molecule has 0 aliphatic heterocycles. The van der Waals surface area contributed by atoms with Gasteiger partial charge in [0, 0.05) is 5.56 Å². The number of halogens is 7. The summed E-state index contributed by atoms with van der Waals surface area (Å²) in [6, 6.07) is 3.68. The van der Waals surface area contributed by atoms with Gasteiger partial charge in [0.15, 0.2) is 11.6 Å². The Labute approximate surface area is 169 Å². The molecule has 1 heterocycles. The summed E-state index contributed by atoms with van der Waals surface area (Å²) in [6.45, 7) is -0.258. The van der Waals surface area contributed by atoms with E-state index in [0.29, 0.717) is 0 Å². The van der Waals surface area contributed by atoms with E-state index in [9.17, 15) is 33.0 Å². The molecular formula is C17H12F7N3O3S. The van der Waals surface area contributed by atoms with Crippen molar-refractivity contribution in [2.75, 3.05) is 6.61 Å². The molecule has 0 spiro atoms. The molecule has 168 valence electrons. The number of nitrogens with two attached hydrogens (primary N) is 1. The monoisotopic (exact) mass is 471 g/mol. The fourth-order valence-corrected chi connectivity index (χ4v) is 3.10. The van der Waals surface area contributed by atoms with Gasteiger partial charge in [-0.05, 0) is 36.4 Å². The highest BCUT2D eigenvalue weighted by molar-refractivity contribution is 8.45. The molecule has 14 heteroatoms. The lowest BCUT2D eigenvalue weighted by Gasteiger charge is -2.40. The maximum atomic E-state index is 14.1. The van der Waals surface area contributed by atoms with Gasteiger partial charge in [-0.3, -0.25) is 4.79 Å². The molecule has 0 radical (unpaired) electrons. The van der Waals surface area contributed by atoms with Crippen LogP contribution in [0.15, 0.2) is 45.8 Å². The zero-order valence-electron chi connectivity index (χ0n) is 15.1. The number of hydrogen-bond acceptors (Lipinski definition) is 5. The van der Waals surface area contributed by atoms with Gasteiger partial charge in [0.05, 0.1) is 13.0 Å². The van der Waals surface area contributed by atoms with Gasteiger partial charge in [0.2, 0.25) is 11.7 Å². The number of primary amides is 1. The van der Waals surface area contributed by atoms with E-state index in [4.69, 9.17) is 15.0 Å². The molecular weight excluding hydrogens is 459 g/mol. The first kappa shape index (κ1) is 22.4. The molecule has 1 amide bonds. The van der Waals surface area contributed by atoms with E-state index in [1.54, 1.807) is 0 Å². The minimum Gasteiger partial charge on any atom is -0.490 e. The molecule has 0 aliphatic carbocycles. The molecule has 3 aromatic rings. The highest BCUT2D eigenvalue weighted by Gasteiger charge is 2.65. The molecule has 2 aromatic carbocycles. The summed E-state index contributed by atoms with van der Waals surface area (Å²) in [7, 11) is -9.79. The predicted octanol–water partition coefficient (Wildman–Crippen LogP) is 5.39. The number of benzene rings is 2. The summed E-state index contributed by atoms with van der Waals surface area (Å²) in [5, 5.41) is 3.52. The number of carbonyl (C=O) groups excluding carboxylic acids is 1. The quantitative estimate of drug-likeness (QED) is 0.467. The summed E-state index contributed by atoms with van der Waals surface area (Å²) in [6.07, 6.45) is -0.0979. The Balaban J connectivity index is 1.68. The number of hydrogen-bond donors (Lipinski definition) is 1. The van der Waals surface area contributed by atoms with E-state index in [2.05, 4.69) is 10.1 Å². The van der Waals surface area contributed by atoms with Crippen LogP contribution in [-0.2, 0) is 6.42 Å². The first-order chi connectivity index (χ1) is 14.2. The lowest BCUT2D eigenvalue weighted by molar-refractivity contribution is 0.0991. The van der Waals surface area contributed by atoms with Crippen LogP contribution in [0.1, 0.15) is 16.2 Å². The van der Waals surface area contributed by atoms with Crippen LogP contribution in [0.4, 0.5) is 28.2 Å². The summed E-state index contributed by atoms with van der Waals surface area (Å²) in [5.41, 5.74) is 3.92. The lowest BCUT2D eigenvalue weighted by atomic mass is 10.1. The molecule has 0 aliphatic rings. The van der Waals surface area contributed by atoms with Gasteiger partial charge in [-0.2, -0.15) is 4.98 Å². The van der Waals surface area contributed by atoms with Crippen molar-refractivity contribution in [2.45, 2.75) is 11.3 Å². The Morgan fingerprint density at radius 3 is 2.26 bits per heavy atom. The highest BCUT2D eigenvalue weighted by atomic mass is 32.5. The van der Waals surface area contributed by atoms with Crippen molar-refractivity contribution in [3.8, 4) is 17.1 Å². The first-order valence-electron chi connectivity index (χ1n) is 8.23. The van der Waals surface area contributed by atoms with Crippen LogP contribution < -0.4 is 10.5 Å². The number of aromatic nitrogens is 2. The van der Waals surface area contributed by atoms with Gasteiger partial charge in [-0.1, -0.05) is 24.6 Å². The van der Waals surface area contributed by atoms with Gasteiger partial charge in [-0.15, -0.1) is 0 Å². The van der Waals surface area contributed by atoms with Crippen molar-refractivity contribution in [1.29, 1.82) is 0 Å². The second-order valence-electron chi connectivity index (χ2n) is 6.20. The fraction of sp³-hybridized carbons (Fsp3) is 0.118. The van der Waals surface area contributed by atoms with Crippen molar-refractivity contribution in [3.05, 3.63) is 59.5 Å². The average Bonchev–Trinajstić information content (AvgIpc) is 3.10. The van der Waals surface area contributed by atoms with E-state index >= 15 is 0 Å². The van der Waals surface area contributed by atoms with Crippen LogP contribution in [0.3, 0.4) is 0 Å². The topological polar surface area (TPSA) is 91.2 Å². The van der Waals surface area contributed by atoms with E-state index in [1.807, 2.05) is 0 Å². The van der Waals surface area contributed by atoms with Crippen LogP contribution in [0, 0.1) is 11.6 Å².